The maximum absolute atomic E-state index is 12.3. The van der Waals surface area contributed by atoms with Crippen molar-refractivity contribution >= 4 is 5.91 Å². The van der Waals surface area contributed by atoms with Crippen LogP contribution in [0.5, 0.6) is 0 Å². The number of rotatable bonds is 2. The summed E-state index contributed by atoms with van der Waals surface area (Å²) in [5, 5.41) is 3.41. The van der Waals surface area contributed by atoms with Crippen molar-refractivity contribution in [1.29, 1.82) is 0 Å². The highest BCUT2D eigenvalue weighted by Gasteiger charge is 2.53. The molecular weight excluding hydrogens is 188 g/mol. The molecule has 2 saturated heterocycles. The van der Waals surface area contributed by atoms with E-state index in [9.17, 15) is 4.79 Å². The van der Waals surface area contributed by atoms with Crippen molar-refractivity contribution in [2.45, 2.75) is 39.7 Å². The lowest BCUT2D eigenvalue weighted by Gasteiger charge is -2.33. The molecule has 0 saturated carbocycles. The molecule has 0 aromatic carbocycles. The van der Waals surface area contributed by atoms with Crippen molar-refractivity contribution < 1.29 is 4.79 Å². The Kier molecular flexibility index (Phi) is 2.75. The second-order valence-corrected chi connectivity index (χ2v) is 5.39. The average Bonchev–Trinajstić information content (AvgIpc) is 2.42. The van der Waals surface area contributed by atoms with Crippen LogP contribution in [0.3, 0.4) is 0 Å². The van der Waals surface area contributed by atoms with Crippen LogP contribution in [0.25, 0.3) is 0 Å². The Morgan fingerprint density at radius 1 is 1.53 bits per heavy atom. The second-order valence-electron chi connectivity index (χ2n) is 5.39. The summed E-state index contributed by atoms with van der Waals surface area (Å²) in [6, 6.07) is 0.446. The molecule has 2 fully saturated rings. The molecule has 0 aromatic rings. The topological polar surface area (TPSA) is 32.3 Å². The van der Waals surface area contributed by atoms with Gasteiger partial charge < -0.3 is 10.2 Å². The molecule has 0 aromatic heterocycles. The third-order valence-corrected chi connectivity index (χ3v) is 4.05. The zero-order chi connectivity index (χ0) is 11.1. The van der Waals surface area contributed by atoms with Crippen LogP contribution in [0.15, 0.2) is 0 Å². The third kappa shape index (κ3) is 1.57. The first-order chi connectivity index (χ1) is 7.09. The van der Waals surface area contributed by atoms with Gasteiger partial charge in [-0.05, 0) is 25.3 Å². The Morgan fingerprint density at radius 2 is 2.27 bits per heavy atom. The molecule has 0 spiro atoms. The van der Waals surface area contributed by atoms with Crippen LogP contribution in [0.2, 0.25) is 0 Å². The van der Waals surface area contributed by atoms with Crippen LogP contribution >= 0.6 is 0 Å². The molecule has 2 heterocycles. The average molecular weight is 210 g/mol. The van der Waals surface area contributed by atoms with Gasteiger partial charge in [0, 0.05) is 24.5 Å². The van der Waals surface area contributed by atoms with Crippen LogP contribution in [-0.4, -0.2) is 36.5 Å². The fourth-order valence-corrected chi connectivity index (χ4v) is 3.20. The molecule has 86 valence electrons. The predicted octanol–water partition coefficient (Wildman–Crippen LogP) is 1.24. The van der Waals surface area contributed by atoms with E-state index < -0.39 is 0 Å². The maximum Gasteiger partial charge on any atom is 0.228 e. The summed E-state index contributed by atoms with van der Waals surface area (Å²) in [7, 11) is 0. The Balaban J connectivity index is 2.23. The minimum Gasteiger partial charge on any atom is -0.338 e. The molecule has 1 N–H and O–H groups in total. The molecule has 3 heteroatoms. The normalized spacial score (nSPS) is 34.3. The number of likely N-dealkylation sites (tertiary alicyclic amines) is 1. The molecule has 1 amide bonds. The summed E-state index contributed by atoms with van der Waals surface area (Å²) in [6.45, 7) is 9.36. The predicted molar refractivity (Wildman–Crippen MR) is 60.5 cm³/mol. The molecule has 2 unspecified atom stereocenters. The fourth-order valence-electron chi connectivity index (χ4n) is 3.20. The van der Waals surface area contributed by atoms with E-state index in [1.54, 1.807) is 0 Å². The molecule has 0 aliphatic carbocycles. The van der Waals surface area contributed by atoms with Crippen LogP contribution < -0.4 is 5.32 Å². The maximum atomic E-state index is 12.3. The summed E-state index contributed by atoms with van der Waals surface area (Å²) in [6.07, 6.45) is 2.20. The molecule has 0 bridgehead atoms. The van der Waals surface area contributed by atoms with E-state index in [0.717, 1.165) is 32.5 Å². The van der Waals surface area contributed by atoms with E-state index in [0.29, 0.717) is 17.9 Å². The van der Waals surface area contributed by atoms with Gasteiger partial charge in [0.05, 0.1) is 0 Å². The lowest BCUT2D eigenvalue weighted by molar-refractivity contribution is -0.135. The number of nitrogens with one attached hydrogen (secondary N) is 1. The minimum absolute atomic E-state index is 0.137. The number of hydrogen-bond acceptors (Lipinski definition) is 2. The summed E-state index contributed by atoms with van der Waals surface area (Å²) in [4.78, 5) is 14.4. The van der Waals surface area contributed by atoms with E-state index in [1.165, 1.54) is 0 Å². The van der Waals surface area contributed by atoms with E-state index in [-0.39, 0.29) is 5.41 Å². The Morgan fingerprint density at radius 3 is 2.93 bits per heavy atom. The number of fused-ring (bicyclic) bond motifs is 1. The van der Waals surface area contributed by atoms with Crippen LogP contribution in [0.1, 0.15) is 33.6 Å². The number of amides is 1. The third-order valence-electron chi connectivity index (χ3n) is 4.05. The first-order valence-electron chi connectivity index (χ1n) is 6.10. The highest BCUT2D eigenvalue weighted by Crippen LogP contribution is 2.43. The zero-order valence-corrected chi connectivity index (χ0v) is 10.0. The lowest BCUT2D eigenvalue weighted by atomic mass is 9.75. The Hall–Kier alpha value is -0.570. The van der Waals surface area contributed by atoms with Crippen LogP contribution in [0.4, 0.5) is 0 Å². The van der Waals surface area contributed by atoms with Gasteiger partial charge in [-0.25, -0.2) is 0 Å². The highest BCUT2D eigenvalue weighted by molar-refractivity contribution is 5.85. The number of carbonyl (C=O) groups is 1. The van der Waals surface area contributed by atoms with Gasteiger partial charge in [-0.1, -0.05) is 20.8 Å². The van der Waals surface area contributed by atoms with E-state index >= 15 is 0 Å². The molecular formula is C12H22N2O. The largest absolute Gasteiger partial charge is 0.338 e. The molecule has 2 atom stereocenters. The minimum atomic E-state index is -0.137. The molecule has 3 nitrogen and oxygen atoms in total. The SMILES string of the molecule is CCCN1C(=O)C(C)(C)C2CCNCC21. The van der Waals surface area contributed by atoms with Crippen molar-refractivity contribution in [2.24, 2.45) is 11.3 Å². The fraction of sp³-hybridized carbons (Fsp3) is 0.917. The molecule has 0 radical (unpaired) electrons. The van der Waals surface area contributed by atoms with Gasteiger partial charge in [-0.3, -0.25) is 4.79 Å². The summed E-state index contributed by atoms with van der Waals surface area (Å²) in [5.41, 5.74) is -0.137. The standard InChI is InChI=1S/C12H22N2O/c1-4-7-14-10-8-13-6-5-9(10)12(2,3)11(14)15/h9-10,13H,4-8H2,1-3H3. The van der Waals surface area contributed by atoms with E-state index in [1.807, 2.05) is 0 Å². The Bertz CT molecular complexity index is 262. The van der Waals surface area contributed by atoms with Gasteiger partial charge in [0.25, 0.3) is 0 Å². The van der Waals surface area contributed by atoms with E-state index in [4.69, 9.17) is 0 Å². The van der Waals surface area contributed by atoms with Crippen molar-refractivity contribution in [3.05, 3.63) is 0 Å². The van der Waals surface area contributed by atoms with Gasteiger partial charge in [0.2, 0.25) is 5.91 Å². The van der Waals surface area contributed by atoms with Crippen molar-refractivity contribution in [1.82, 2.24) is 10.2 Å². The van der Waals surface area contributed by atoms with Gasteiger partial charge >= 0.3 is 0 Å². The van der Waals surface area contributed by atoms with Crippen LogP contribution in [-0.2, 0) is 4.79 Å². The zero-order valence-electron chi connectivity index (χ0n) is 10.0. The lowest BCUT2D eigenvalue weighted by Crippen LogP contribution is -2.47. The molecule has 2 rings (SSSR count). The van der Waals surface area contributed by atoms with Crippen LogP contribution in [0, 0.1) is 11.3 Å². The first-order valence-corrected chi connectivity index (χ1v) is 6.10. The van der Waals surface area contributed by atoms with E-state index in [2.05, 4.69) is 31.0 Å². The van der Waals surface area contributed by atoms with Crippen molar-refractivity contribution in [3.63, 3.8) is 0 Å². The number of hydrogen-bond donors (Lipinski definition) is 1. The number of nitrogens with zero attached hydrogens (tertiary/aromatic N) is 1. The van der Waals surface area contributed by atoms with Gasteiger partial charge in [-0.15, -0.1) is 0 Å². The number of piperidine rings is 1. The summed E-state index contributed by atoms with van der Waals surface area (Å²) >= 11 is 0. The summed E-state index contributed by atoms with van der Waals surface area (Å²) in [5.74, 6) is 0.917. The van der Waals surface area contributed by atoms with Crippen molar-refractivity contribution in [3.8, 4) is 0 Å². The van der Waals surface area contributed by atoms with Crippen molar-refractivity contribution in [2.75, 3.05) is 19.6 Å². The monoisotopic (exact) mass is 210 g/mol. The number of carbonyl (C=O) groups excluding carboxylic acids is 1. The Labute approximate surface area is 92.2 Å². The molecule has 2 aliphatic heterocycles. The highest BCUT2D eigenvalue weighted by atomic mass is 16.2. The molecule has 15 heavy (non-hydrogen) atoms. The van der Waals surface area contributed by atoms with Gasteiger partial charge in [0.15, 0.2) is 0 Å². The second kappa shape index (κ2) is 3.78. The smallest absolute Gasteiger partial charge is 0.228 e. The van der Waals surface area contributed by atoms with Gasteiger partial charge in [-0.2, -0.15) is 0 Å². The van der Waals surface area contributed by atoms with Gasteiger partial charge in [0.1, 0.15) is 0 Å². The first kappa shape index (κ1) is 10.9. The quantitative estimate of drug-likeness (QED) is 0.744. The molecule has 2 aliphatic rings. The summed E-state index contributed by atoms with van der Waals surface area (Å²) < 4.78 is 0.